The first-order valence-electron chi connectivity index (χ1n) is 8.72. The third-order valence-corrected chi connectivity index (χ3v) is 5.02. The Kier molecular flexibility index (Phi) is 6.19. The Balaban J connectivity index is 1.74. The SMILES string of the molecule is COc1ccc(OC)c(C2CCCN2CC(=O)Nc2ccc(F)cc2Cl)c1. The largest absolute Gasteiger partial charge is 0.497 e. The Morgan fingerprint density at radius 1 is 1.26 bits per heavy atom. The zero-order chi connectivity index (χ0) is 19.4. The molecule has 1 unspecified atom stereocenters. The molecule has 27 heavy (non-hydrogen) atoms. The second-order valence-corrected chi connectivity index (χ2v) is 6.82. The number of likely N-dealkylation sites (tertiary alicyclic amines) is 1. The normalized spacial score (nSPS) is 17.0. The third kappa shape index (κ3) is 4.51. The van der Waals surface area contributed by atoms with Gasteiger partial charge in [-0.2, -0.15) is 0 Å². The van der Waals surface area contributed by atoms with Crippen molar-refractivity contribution in [3.05, 3.63) is 52.8 Å². The molecule has 1 heterocycles. The summed E-state index contributed by atoms with van der Waals surface area (Å²) in [6.07, 6.45) is 1.91. The van der Waals surface area contributed by atoms with E-state index in [1.54, 1.807) is 14.2 Å². The molecule has 0 aromatic heterocycles. The van der Waals surface area contributed by atoms with Gasteiger partial charge in [0.2, 0.25) is 5.91 Å². The Morgan fingerprint density at radius 3 is 2.78 bits per heavy atom. The van der Waals surface area contributed by atoms with Gasteiger partial charge in [-0.1, -0.05) is 11.6 Å². The fraction of sp³-hybridized carbons (Fsp3) is 0.350. The average molecular weight is 393 g/mol. The fourth-order valence-corrected chi connectivity index (χ4v) is 3.65. The van der Waals surface area contributed by atoms with Gasteiger partial charge in [-0.15, -0.1) is 0 Å². The summed E-state index contributed by atoms with van der Waals surface area (Å²) >= 11 is 5.99. The molecule has 0 saturated carbocycles. The van der Waals surface area contributed by atoms with Crippen molar-refractivity contribution in [2.75, 3.05) is 32.6 Å². The number of methoxy groups -OCH3 is 2. The van der Waals surface area contributed by atoms with Gasteiger partial charge in [0.15, 0.2) is 0 Å². The van der Waals surface area contributed by atoms with Gasteiger partial charge in [0.1, 0.15) is 17.3 Å². The van der Waals surface area contributed by atoms with E-state index >= 15 is 0 Å². The van der Waals surface area contributed by atoms with Crippen molar-refractivity contribution in [2.45, 2.75) is 18.9 Å². The maximum Gasteiger partial charge on any atom is 0.238 e. The number of benzene rings is 2. The van der Waals surface area contributed by atoms with E-state index < -0.39 is 5.82 Å². The first kappa shape index (κ1) is 19.5. The monoisotopic (exact) mass is 392 g/mol. The van der Waals surface area contributed by atoms with Crippen molar-refractivity contribution in [1.29, 1.82) is 0 Å². The van der Waals surface area contributed by atoms with Crippen LogP contribution in [0.4, 0.5) is 10.1 Å². The summed E-state index contributed by atoms with van der Waals surface area (Å²) in [6.45, 7) is 1.01. The molecular formula is C20H22ClFN2O3. The standard InChI is InChI=1S/C20H22ClFN2O3/c1-26-14-6-8-19(27-2)15(11-14)18-4-3-9-24(18)12-20(25)23-17-7-5-13(22)10-16(17)21/h5-8,10-11,18H,3-4,9,12H2,1-2H3,(H,23,25). The fourth-order valence-electron chi connectivity index (χ4n) is 3.43. The number of nitrogens with zero attached hydrogens (tertiary/aromatic N) is 1. The molecule has 1 fully saturated rings. The summed E-state index contributed by atoms with van der Waals surface area (Å²) in [5.41, 5.74) is 1.40. The number of amides is 1. The molecule has 0 bridgehead atoms. The summed E-state index contributed by atoms with van der Waals surface area (Å²) in [5.74, 6) is 0.884. The molecule has 1 amide bonds. The van der Waals surface area contributed by atoms with Gasteiger partial charge in [0, 0.05) is 11.6 Å². The van der Waals surface area contributed by atoms with Crippen LogP contribution >= 0.6 is 11.6 Å². The van der Waals surface area contributed by atoms with E-state index in [2.05, 4.69) is 10.2 Å². The minimum atomic E-state index is -0.442. The lowest BCUT2D eigenvalue weighted by Gasteiger charge is -2.26. The second-order valence-electron chi connectivity index (χ2n) is 6.41. The summed E-state index contributed by atoms with van der Waals surface area (Å²) in [5, 5.41) is 2.93. The minimum Gasteiger partial charge on any atom is -0.497 e. The van der Waals surface area contributed by atoms with Crippen LogP contribution in [0.3, 0.4) is 0 Å². The van der Waals surface area contributed by atoms with Gasteiger partial charge >= 0.3 is 0 Å². The van der Waals surface area contributed by atoms with Crippen LogP contribution in [0.5, 0.6) is 11.5 Å². The van der Waals surface area contributed by atoms with E-state index in [4.69, 9.17) is 21.1 Å². The molecule has 1 aliphatic heterocycles. The molecule has 1 atom stereocenters. The zero-order valence-corrected chi connectivity index (χ0v) is 16.1. The molecule has 144 valence electrons. The van der Waals surface area contributed by atoms with Gasteiger partial charge in [-0.25, -0.2) is 4.39 Å². The predicted octanol–water partition coefficient (Wildman–Crippen LogP) is 4.27. The number of halogens is 2. The molecule has 7 heteroatoms. The Hall–Kier alpha value is -2.31. The number of rotatable bonds is 6. The Morgan fingerprint density at radius 2 is 2.07 bits per heavy atom. The van der Waals surface area contributed by atoms with Crippen molar-refractivity contribution in [3.63, 3.8) is 0 Å². The van der Waals surface area contributed by atoms with Crippen molar-refractivity contribution >= 4 is 23.2 Å². The lowest BCUT2D eigenvalue weighted by atomic mass is 10.0. The molecule has 0 spiro atoms. The number of carbonyl (C=O) groups excluding carboxylic acids is 1. The van der Waals surface area contributed by atoms with Crippen LogP contribution in [0, 0.1) is 5.82 Å². The Bertz CT molecular complexity index is 831. The van der Waals surface area contributed by atoms with E-state index in [0.717, 1.165) is 36.4 Å². The van der Waals surface area contributed by atoms with E-state index in [0.29, 0.717) is 5.69 Å². The highest BCUT2D eigenvalue weighted by Gasteiger charge is 2.30. The van der Waals surface area contributed by atoms with Crippen LogP contribution in [-0.2, 0) is 4.79 Å². The first-order valence-corrected chi connectivity index (χ1v) is 9.10. The molecule has 1 N–H and O–H groups in total. The summed E-state index contributed by atoms with van der Waals surface area (Å²) in [6, 6.07) is 9.65. The number of anilines is 1. The van der Waals surface area contributed by atoms with E-state index in [9.17, 15) is 9.18 Å². The van der Waals surface area contributed by atoms with Crippen molar-refractivity contribution in [1.82, 2.24) is 4.90 Å². The van der Waals surface area contributed by atoms with Gasteiger partial charge in [-0.05, 0) is 55.8 Å². The highest BCUT2D eigenvalue weighted by Crippen LogP contribution is 2.38. The first-order chi connectivity index (χ1) is 13.0. The van der Waals surface area contributed by atoms with E-state index in [1.807, 2.05) is 18.2 Å². The molecule has 2 aromatic carbocycles. The lowest BCUT2D eigenvalue weighted by molar-refractivity contribution is -0.117. The highest BCUT2D eigenvalue weighted by atomic mass is 35.5. The van der Waals surface area contributed by atoms with E-state index in [1.165, 1.54) is 18.2 Å². The minimum absolute atomic E-state index is 0.0597. The molecule has 1 saturated heterocycles. The van der Waals surface area contributed by atoms with Gasteiger partial charge in [0.25, 0.3) is 0 Å². The van der Waals surface area contributed by atoms with Crippen molar-refractivity contribution in [3.8, 4) is 11.5 Å². The van der Waals surface area contributed by atoms with Crippen LogP contribution < -0.4 is 14.8 Å². The van der Waals surface area contributed by atoms with Crippen LogP contribution in [0.25, 0.3) is 0 Å². The van der Waals surface area contributed by atoms with Crippen molar-refractivity contribution in [2.24, 2.45) is 0 Å². The van der Waals surface area contributed by atoms with Crippen LogP contribution in [-0.4, -0.2) is 38.1 Å². The van der Waals surface area contributed by atoms with Crippen LogP contribution in [0.2, 0.25) is 5.02 Å². The van der Waals surface area contributed by atoms with Gasteiger partial charge < -0.3 is 14.8 Å². The third-order valence-electron chi connectivity index (χ3n) is 4.71. The Labute approximate surface area is 163 Å². The lowest BCUT2D eigenvalue weighted by Crippen LogP contribution is -2.33. The van der Waals surface area contributed by atoms with Crippen LogP contribution in [0.15, 0.2) is 36.4 Å². The summed E-state index contributed by atoms with van der Waals surface area (Å²) in [4.78, 5) is 14.6. The van der Waals surface area contributed by atoms with Gasteiger partial charge in [-0.3, -0.25) is 9.69 Å². The highest BCUT2D eigenvalue weighted by molar-refractivity contribution is 6.33. The van der Waals surface area contributed by atoms with Crippen molar-refractivity contribution < 1.29 is 18.7 Å². The maximum absolute atomic E-state index is 13.2. The number of carbonyl (C=O) groups is 1. The topological polar surface area (TPSA) is 50.8 Å². The van der Waals surface area contributed by atoms with Crippen LogP contribution in [0.1, 0.15) is 24.4 Å². The number of hydrogen-bond acceptors (Lipinski definition) is 4. The predicted molar refractivity (Wildman–Crippen MR) is 103 cm³/mol. The summed E-state index contributed by atoms with van der Waals surface area (Å²) < 4.78 is 24.0. The molecule has 0 aliphatic carbocycles. The molecular weight excluding hydrogens is 371 g/mol. The summed E-state index contributed by atoms with van der Waals surface area (Å²) in [7, 11) is 3.26. The number of nitrogens with one attached hydrogen (secondary N) is 1. The average Bonchev–Trinajstić information content (AvgIpc) is 3.11. The quantitative estimate of drug-likeness (QED) is 0.797. The smallest absolute Gasteiger partial charge is 0.238 e. The maximum atomic E-state index is 13.2. The van der Waals surface area contributed by atoms with E-state index in [-0.39, 0.29) is 23.5 Å². The van der Waals surface area contributed by atoms with Gasteiger partial charge in [0.05, 0.1) is 31.5 Å². The second kappa shape index (κ2) is 8.59. The number of hydrogen-bond donors (Lipinski definition) is 1. The zero-order valence-electron chi connectivity index (χ0n) is 15.3. The molecule has 2 aromatic rings. The molecule has 5 nitrogen and oxygen atoms in total. The molecule has 0 radical (unpaired) electrons. The number of ether oxygens (including phenoxy) is 2. The molecule has 1 aliphatic rings. The molecule has 3 rings (SSSR count).